The molecule has 1 aromatic carbocycles. The van der Waals surface area contributed by atoms with Crippen LogP contribution in [0.3, 0.4) is 0 Å². The highest BCUT2D eigenvalue weighted by atomic mass is 32.2. The van der Waals surface area contributed by atoms with E-state index in [2.05, 4.69) is 14.8 Å². The Kier molecular flexibility index (Phi) is 6.59. The SMILES string of the molecule is CCn1c(=O)c(C(=O)CSc2nnc3n2CCCCC3)c(N)n(Cc2ccccc2)c1=O. The van der Waals surface area contributed by atoms with Gasteiger partial charge in [0.25, 0.3) is 5.56 Å². The molecule has 2 N–H and O–H groups in total. The van der Waals surface area contributed by atoms with Crippen LogP contribution >= 0.6 is 11.8 Å². The molecule has 10 heteroatoms. The number of nitrogens with two attached hydrogens (primary N) is 1. The Labute approximate surface area is 189 Å². The average molecular weight is 455 g/mol. The highest BCUT2D eigenvalue weighted by molar-refractivity contribution is 7.99. The molecule has 32 heavy (non-hydrogen) atoms. The number of hydrogen-bond acceptors (Lipinski definition) is 7. The molecule has 0 unspecified atom stereocenters. The molecule has 0 fully saturated rings. The van der Waals surface area contributed by atoms with Crippen LogP contribution in [-0.2, 0) is 26.1 Å². The Morgan fingerprint density at radius 2 is 1.88 bits per heavy atom. The van der Waals surface area contributed by atoms with Crippen LogP contribution < -0.4 is 17.0 Å². The van der Waals surface area contributed by atoms with Crippen molar-refractivity contribution in [3.05, 3.63) is 68.1 Å². The van der Waals surface area contributed by atoms with Gasteiger partial charge in [-0.25, -0.2) is 4.79 Å². The summed E-state index contributed by atoms with van der Waals surface area (Å²) in [4.78, 5) is 38.9. The number of aromatic nitrogens is 5. The Balaban J connectivity index is 1.64. The number of hydrogen-bond donors (Lipinski definition) is 1. The van der Waals surface area contributed by atoms with Crippen molar-refractivity contribution in [1.82, 2.24) is 23.9 Å². The zero-order valence-corrected chi connectivity index (χ0v) is 18.8. The smallest absolute Gasteiger partial charge is 0.332 e. The molecule has 0 amide bonds. The summed E-state index contributed by atoms with van der Waals surface area (Å²) in [6.45, 7) is 2.85. The molecule has 3 aromatic rings. The summed E-state index contributed by atoms with van der Waals surface area (Å²) in [5.74, 6) is 0.401. The van der Waals surface area contributed by atoms with Crippen LogP contribution in [0.4, 0.5) is 5.82 Å². The van der Waals surface area contributed by atoms with Crippen LogP contribution in [-0.4, -0.2) is 35.4 Å². The van der Waals surface area contributed by atoms with Gasteiger partial charge in [0.2, 0.25) is 0 Å². The highest BCUT2D eigenvalue weighted by Crippen LogP contribution is 2.23. The molecule has 168 valence electrons. The molecule has 9 nitrogen and oxygen atoms in total. The van der Waals surface area contributed by atoms with Gasteiger partial charge in [-0.1, -0.05) is 48.5 Å². The third-order valence-electron chi connectivity index (χ3n) is 5.65. The molecule has 0 aliphatic carbocycles. The van der Waals surface area contributed by atoms with Crippen molar-refractivity contribution < 1.29 is 4.79 Å². The van der Waals surface area contributed by atoms with Crippen LogP contribution in [0.1, 0.15) is 47.9 Å². The molecule has 0 atom stereocenters. The second-order valence-electron chi connectivity index (χ2n) is 7.74. The van der Waals surface area contributed by atoms with Gasteiger partial charge in [-0.2, -0.15) is 0 Å². The zero-order chi connectivity index (χ0) is 22.7. The van der Waals surface area contributed by atoms with Crippen molar-refractivity contribution in [2.24, 2.45) is 0 Å². The van der Waals surface area contributed by atoms with E-state index in [0.717, 1.165) is 48.2 Å². The summed E-state index contributed by atoms with van der Waals surface area (Å²) in [6.07, 6.45) is 4.14. The number of nitrogens with zero attached hydrogens (tertiary/aromatic N) is 5. The molecule has 0 bridgehead atoms. The molecule has 0 spiro atoms. The van der Waals surface area contributed by atoms with Crippen LogP contribution in [0.5, 0.6) is 0 Å². The van der Waals surface area contributed by atoms with E-state index in [-0.39, 0.29) is 30.2 Å². The fourth-order valence-electron chi connectivity index (χ4n) is 3.94. The van der Waals surface area contributed by atoms with Gasteiger partial charge in [-0.15, -0.1) is 10.2 Å². The number of carbonyl (C=O) groups is 1. The number of anilines is 1. The fourth-order valence-corrected chi connectivity index (χ4v) is 4.80. The Bertz CT molecular complexity index is 1250. The molecule has 3 heterocycles. The van der Waals surface area contributed by atoms with Crippen LogP contribution in [0.25, 0.3) is 0 Å². The molecule has 0 radical (unpaired) electrons. The summed E-state index contributed by atoms with van der Waals surface area (Å²) in [7, 11) is 0. The van der Waals surface area contributed by atoms with Crippen molar-refractivity contribution in [3.8, 4) is 0 Å². The van der Waals surface area contributed by atoms with Crippen LogP contribution in [0, 0.1) is 0 Å². The zero-order valence-electron chi connectivity index (χ0n) is 18.0. The Hall–Kier alpha value is -3.14. The molecule has 0 saturated carbocycles. The number of Topliss-reactive ketones (excluding diaryl/α,β-unsaturated/α-hetero) is 1. The van der Waals surface area contributed by atoms with E-state index < -0.39 is 17.0 Å². The second-order valence-corrected chi connectivity index (χ2v) is 8.68. The van der Waals surface area contributed by atoms with Gasteiger partial charge in [0, 0.05) is 19.5 Å². The minimum absolute atomic E-state index is 0.00910. The maximum atomic E-state index is 13.1. The first-order chi connectivity index (χ1) is 15.5. The summed E-state index contributed by atoms with van der Waals surface area (Å²) >= 11 is 1.25. The quantitative estimate of drug-likeness (QED) is 0.428. The first-order valence-corrected chi connectivity index (χ1v) is 11.7. The molecular weight excluding hydrogens is 428 g/mol. The number of benzene rings is 1. The van der Waals surface area contributed by atoms with Crippen LogP contribution in [0.15, 0.2) is 45.1 Å². The first kappa shape index (κ1) is 22.1. The lowest BCUT2D eigenvalue weighted by Gasteiger charge is -2.15. The number of aryl methyl sites for hydroxylation is 1. The highest BCUT2D eigenvalue weighted by Gasteiger charge is 2.24. The van der Waals surface area contributed by atoms with E-state index in [1.54, 1.807) is 6.92 Å². The summed E-state index contributed by atoms with van der Waals surface area (Å²) < 4.78 is 4.40. The van der Waals surface area contributed by atoms with E-state index in [1.165, 1.54) is 16.3 Å². The third-order valence-corrected chi connectivity index (χ3v) is 6.62. The molecular formula is C22H26N6O3S. The second kappa shape index (κ2) is 9.56. The first-order valence-electron chi connectivity index (χ1n) is 10.8. The van der Waals surface area contributed by atoms with Crippen molar-refractivity contribution in [2.45, 2.75) is 57.4 Å². The lowest BCUT2D eigenvalue weighted by atomic mass is 10.2. The van der Waals surface area contributed by atoms with E-state index in [4.69, 9.17) is 5.73 Å². The minimum Gasteiger partial charge on any atom is -0.384 e. The number of thioether (sulfide) groups is 1. The maximum absolute atomic E-state index is 13.1. The van der Waals surface area contributed by atoms with Crippen molar-refractivity contribution in [1.29, 1.82) is 0 Å². The normalized spacial score (nSPS) is 13.5. The fraction of sp³-hybridized carbons (Fsp3) is 0.409. The van der Waals surface area contributed by atoms with Gasteiger partial charge in [-0.05, 0) is 25.3 Å². The monoisotopic (exact) mass is 454 g/mol. The summed E-state index contributed by atoms with van der Waals surface area (Å²) in [6, 6.07) is 9.32. The van der Waals surface area contributed by atoms with E-state index in [1.807, 2.05) is 30.3 Å². The van der Waals surface area contributed by atoms with Gasteiger partial charge >= 0.3 is 5.69 Å². The van der Waals surface area contributed by atoms with Crippen molar-refractivity contribution >= 4 is 23.4 Å². The standard InChI is InChI=1S/C22H26N6O3S/c1-2-26-20(30)18(19(23)28(22(26)31)13-15-9-5-3-6-10-15)16(29)14-32-21-25-24-17-11-7-4-8-12-27(17)21/h3,5-6,9-10H,2,4,7-8,11-14,23H2,1H3. The van der Waals surface area contributed by atoms with Gasteiger partial charge in [0.1, 0.15) is 17.2 Å². The number of carbonyl (C=O) groups excluding carboxylic acids is 1. The topological polar surface area (TPSA) is 118 Å². The predicted molar refractivity (Wildman–Crippen MR) is 123 cm³/mol. The van der Waals surface area contributed by atoms with Gasteiger partial charge in [0.05, 0.1) is 12.3 Å². The number of ketones is 1. The van der Waals surface area contributed by atoms with E-state index in [0.29, 0.717) is 5.16 Å². The number of nitrogen functional groups attached to an aromatic ring is 1. The van der Waals surface area contributed by atoms with E-state index >= 15 is 0 Å². The van der Waals surface area contributed by atoms with Gasteiger partial charge in [0.15, 0.2) is 10.9 Å². The van der Waals surface area contributed by atoms with Crippen molar-refractivity contribution in [3.63, 3.8) is 0 Å². The van der Waals surface area contributed by atoms with Crippen LogP contribution in [0.2, 0.25) is 0 Å². The lowest BCUT2D eigenvalue weighted by molar-refractivity contribution is 0.102. The lowest BCUT2D eigenvalue weighted by Crippen LogP contribution is -2.44. The predicted octanol–water partition coefficient (Wildman–Crippen LogP) is 1.95. The third kappa shape index (κ3) is 4.27. The summed E-state index contributed by atoms with van der Waals surface area (Å²) in [5.41, 5.74) is 5.75. The van der Waals surface area contributed by atoms with Gasteiger partial charge < -0.3 is 10.3 Å². The average Bonchev–Trinajstić information content (AvgIpc) is 3.02. The Morgan fingerprint density at radius 1 is 1.09 bits per heavy atom. The van der Waals surface area contributed by atoms with Crippen molar-refractivity contribution in [2.75, 3.05) is 11.5 Å². The van der Waals surface area contributed by atoms with E-state index in [9.17, 15) is 14.4 Å². The number of rotatable bonds is 7. The molecule has 1 aliphatic rings. The molecule has 1 aliphatic heterocycles. The maximum Gasteiger partial charge on any atom is 0.332 e. The largest absolute Gasteiger partial charge is 0.384 e. The molecule has 2 aromatic heterocycles. The summed E-state index contributed by atoms with van der Waals surface area (Å²) in [5, 5.41) is 9.14. The molecule has 4 rings (SSSR count). The molecule has 0 saturated heterocycles. The minimum atomic E-state index is -0.648. The number of fused-ring (bicyclic) bond motifs is 1. The van der Waals surface area contributed by atoms with Gasteiger partial charge in [-0.3, -0.25) is 18.7 Å². The Morgan fingerprint density at radius 3 is 2.62 bits per heavy atom.